The second-order valence-electron chi connectivity index (χ2n) is 6.65. The summed E-state index contributed by atoms with van der Waals surface area (Å²) in [6, 6.07) is 12.9. The van der Waals surface area contributed by atoms with Gasteiger partial charge in [-0.1, -0.05) is 23.7 Å². The van der Waals surface area contributed by atoms with Crippen molar-refractivity contribution < 1.29 is 4.79 Å². The molecule has 0 fully saturated rings. The van der Waals surface area contributed by atoms with Crippen LogP contribution < -0.4 is 10.5 Å². The molecule has 0 radical (unpaired) electrons. The predicted octanol–water partition coefficient (Wildman–Crippen LogP) is 3.52. The molecule has 1 amide bonds. The molecule has 1 aliphatic rings. The molecule has 0 aliphatic carbocycles. The fourth-order valence-electron chi connectivity index (χ4n) is 3.40. The number of hydrogen-bond acceptors (Lipinski definition) is 3. The highest BCUT2D eigenvalue weighted by Gasteiger charge is 2.21. The number of nitrogens with zero attached hydrogens (tertiary/aromatic N) is 3. The van der Waals surface area contributed by atoms with Crippen molar-refractivity contribution in [3.05, 3.63) is 81.5 Å². The maximum atomic E-state index is 12.0. The maximum Gasteiger partial charge on any atom is 0.251 e. The van der Waals surface area contributed by atoms with E-state index < -0.39 is 0 Å². The van der Waals surface area contributed by atoms with E-state index in [1.54, 1.807) is 29.4 Å². The quantitative estimate of drug-likeness (QED) is 0.654. The van der Waals surface area contributed by atoms with E-state index in [1.165, 1.54) is 10.6 Å². The molecule has 4 rings (SSSR count). The molecule has 0 atom stereocenters. The van der Waals surface area contributed by atoms with Gasteiger partial charge >= 0.3 is 0 Å². The highest BCUT2D eigenvalue weighted by molar-refractivity contribution is 6.29. The smallest absolute Gasteiger partial charge is 0.251 e. The standard InChI is InChI=1S/C21H18ClN3O2/c1-24-18-7-5-15(10-16(18)6-8-20(24)26)17-9-14(11-23-12-17)13-25-19(22)3-2-4-21(25)27/h2-5,7,9-12H,6,8,13H2,1H3. The first-order valence-electron chi connectivity index (χ1n) is 8.72. The Bertz CT molecular complexity index is 1090. The molecular weight excluding hydrogens is 362 g/mol. The van der Waals surface area contributed by atoms with E-state index >= 15 is 0 Å². The minimum Gasteiger partial charge on any atom is -0.315 e. The molecule has 0 saturated carbocycles. The average molecular weight is 380 g/mol. The van der Waals surface area contributed by atoms with Crippen molar-refractivity contribution in [3.63, 3.8) is 0 Å². The molecule has 6 heteroatoms. The summed E-state index contributed by atoms with van der Waals surface area (Å²) >= 11 is 6.15. The van der Waals surface area contributed by atoms with Gasteiger partial charge in [0.25, 0.3) is 5.56 Å². The Hall–Kier alpha value is -2.92. The number of amides is 1. The first-order valence-corrected chi connectivity index (χ1v) is 9.10. The highest BCUT2D eigenvalue weighted by atomic mass is 35.5. The van der Waals surface area contributed by atoms with E-state index in [-0.39, 0.29) is 11.5 Å². The van der Waals surface area contributed by atoms with E-state index in [1.807, 2.05) is 25.2 Å². The van der Waals surface area contributed by atoms with Crippen molar-refractivity contribution in [3.8, 4) is 11.1 Å². The Morgan fingerprint density at radius 1 is 1.04 bits per heavy atom. The van der Waals surface area contributed by atoms with Gasteiger partial charge in [0.05, 0.1) is 6.54 Å². The van der Waals surface area contributed by atoms with Gasteiger partial charge in [0.1, 0.15) is 5.15 Å². The lowest BCUT2D eigenvalue weighted by Crippen LogP contribution is -2.30. The summed E-state index contributed by atoms with van der Waals surface area (Å²) in [6.45, 7) is 0.363. The molecule has 0 unspecified atom stereocenters. The highest BCUT2D eigenvalue weighted by Crippen LogP contribution is 2.31. The van der Waals surface area contributed by atoms with Gasteiger partial charge in [-0.05, 0) is 47.4 Å². The average Bonchev–Trinajstić information content (AvgIpc) is 2.68. The van der Waals surface area contributed by atoms with Gasteiger partial charge in [-0.2, -0.15) is 0 Å². The Morgan fingerprint density at radius 2 is 1.89 bits per heavy atom. The van der Waals surface area contributed by atoms with Crippen LogP contribution in [0.3, 0.4) is 0 Å². The van der Waals surface area contributed by atoms with Crippen LogP contribution in [0.4, 0.5) is 5.69 Å². The summed E-state index contributed by atoms with van der Waals surface area (Å²) < 4.78 is 1.51. The van der Waals surface area contributed by atoms with Gasteiger partial charge in [-0.25, -0.2) is 0 Å². The summed E-state index contributed by atoms with van der Waals surface area (Å²) in [5.74, 6) is 0.143. The molecule has 27 heavy (non-hydrogen) atoms. The lowest BCUT2D eigenvalue weighted by Gasteiger charge is -2.26. The third-order valence-electron chi connectivity index (χ3n) is 4.89. The Morgan fingerprint density at radius 3 is 2.70 bits per heavy atom. The zero-order valence-electron chi connectivity index (χ0n) is 14.9. The molecule has 1 aromatic carbocycles. The Labute approximate surface area is 161 Å². The fraction of sp³-hybridized carbons (Fsp3) is 0.190. The summed E-state index contributed by atoms with van der Waals surface area (Å²) in [7, 11) is 1.81. The van der Waals surface area contributed by atoms with Crippen molar-refractivity contribution in [2.75, 3.05) is 11.9 Å². The molecule has 0 saturated heterocycles. The minimum absolute atomic E-state index is 0.143. The van der Waals surface area contributed by atoms with Crippen molar-refractivity contribution >= 4 is 23.2 Å². The fourth-order valence-corrected chi connectivity index (χ4v) is 3.61. The minimum atomic E-state index is -0.144. The number of hydrogen-bond donors (Lipinski definition) is 0. The van der Waals surface area contributed by atoms with Crippen molar-refractivity contribution in [2.45, 2.75) is 19.4 Å². The number of anilines is 1. The number of rotatable bonds is 3. The number of fused-ring (bicyclic) bond motifs is 1. The largest absolute Gasteiger partial charge is 0.315 e. The number of pyridine rings is 2. The van der Waals surface area contributed by atoms with Crippen LogP contribution in [0.25, 0.3) is 11.1 Å². The number of carbonyl (C=O) groups excluding carboxylic acids is 1. The Kier molecular flexibility index (Phi) is 4.54. The van der Waals surface area contributed by atoms with E-state index in [9.17, 15) is 9.59 Å². The van der Waals surface area contributed by atoms with E-state index in [2.05, 4.69) is 11.1 Å². The maximum absolute atomic E-state index is 12.0. The molecule has 136 valence electrons. The van der Waals surface area contributed by atoms with Crippen LogP contribution in [0.2, 0.25) is 5.15 Å². The predicted molar refractivity (Wildman–Crippen MR) is 106 cm³/mol. The first-order chi connectivity index (χ1) is 13.0. The summed E-state index contributed by atoms with van der Waals surface area (Å²) in [5, 5.41) is 0.398. The van der Waals surface area contributed by atoms with Crippen LogP contribution >= 0.6 is 11.6 Å². The summed E-state index contributed by atoms with van der Waals surface area (Å²) in [5.41, 5.74) is 4.87. The van der Waals surface area contributed by atoms with Crippen LogP contribution in [0.5, 0.6) is 0 Å². The van der Waals surface area contributed by atoms with Gasteiger partial charge in [0, 0.05) is 43.2 Å². The summed E-state index contributed by atoms with van der Waals surface area (Å²) in [4.78, 5) is 29.9. The molecule has 3 heterocycles. The van der Waals surface area contributed by atoms with Crippen LogP contribution in [0, 0.1) is 0 Å². The number of aryl methyl sites for hydroxylation is 1. The van der Waals surface area contributed by atoms with Gasteiger partial charge in [0.15, 0.2) is 0 Å². The molecule has 5 nitrogen and oxygen atoms in total. The van der Waals surface area contributed by atoms with Crippen molar-refractivity contribution in [1.82, 2.24) is 9.55 Å². The number of carbonyl (C=O) groups is 1. The van der Waals surface area contributed by atoms with Gasteiger partial charge in [-0.3, -0.25) is 19.1 Å². The van der Waals surface area contributed by atoms with Gasteiger partial charge in [0.2, 0.25) is 5.91 Å². The molecule has 0 spiro atoms. The topological polar surface area (TPSA) is 55.2 Å². The third kappa shape index (κ3) is 3.38. The summed E-state index contributed by atoms with van der Waals surface area (Å²) in [6.07, 6.45) is 4.82. The molecule has 0 N–H and O–H groups in total. The zero-order valence-corrected chi connectivity index (χ0v) is 15.6. The van der Waals surface area contributed by atoms with E-state index in [0.717, 1.165) is 34.4 Å². The lowest BCUT2D eigenvalue weighted by molar-refractivity contribution is -0.118. The normalized spacial score (nSPS) is 13.6. The van der Waals surface area contributed by atoms with Crippen LogP contribution in [0.15, 0.2) is 59.7 Å². The molecule has 1 aliphatic heterocycles. The lowest BCUT2D eigenvalue weighted by atomic mass is 9.96. The van der Waals surface area contributed by atoms with Gasteiger partial charge in [-0.15, -0.1) is 0 Å². The van der Waals surface area contributed by atoms with Crippen LogP contribution in [0.1, 0.15) is 17.5 Å². The first kappa shape index (κ1) is 17.5. The molecule has 3 aromatic rings. The molecule has 2 aromatic heterocycles. The Balaban J connectivity index is 1.67. The van der Waals surface area contributed by atoms with Crippen molar-refractivity contribution in [2.24, 2.45) is 0 Å². The van der Waals surface area contributed by atoms with E-state index in [4.69, 9.17) is 11.6 Å². The van der Waals surface area contributed by atoms with Crippen molar-refractivity contribution in [1.29, 1.82) is 0 Å². The van der Waals surface area contributed by atoms with Crippen LogP contribution in [-0.4, -0.2) is 22.5 Å². The second kappa shape index (κ2) is 7.00. The third-order valence-corrected chi connectivity index (χ3v) is 5.22. The van der Waals surface area contributed by atoms with E-state index in [0.29, 0.717) is 18.1 Å². The number of benzene rings is 1. The monoisotopic (exact) mass is 379 g/mol. The molecular formula is C21H18ClN3O2. The molecule has 0 bridgehead atoms. The van der Waals surface area contributed by atoms with Crippen LogP contribution in [-0.2, 0) is 17.8 Å². The second-order valence-corrected chi connectivity index (χ2v) is 7.04. The SMILES string of the molecule is CN1C(=O)CCc2cc(-c3cncc(Cn4c(Cl)cccc4=O)c3)ccc21. The van der Waals surface area contributed by atoms with Gasteiger partial charge < -0.3 is 4.90 Å². The number of halogens is 1. The number of aromatic nitrogens is 2. The zero-order chi connectivity index (χ0) is 19.0.